The van der Waals surface area contributed by atoms with Crippen molar-refractivity contribution in [2.24, 2.45) is 0 Å². The summed E-state index contributed by atoms with van der Waals surface area (Å²) >= 11 is 0. The highest BCUT2D eigenvalue weighted by Gasteiger charge is 2.28. The molecular weight excluding hydrogens is 330 g/mol. The van der Waals surface area contributed by atoms with Gasteiger partial charge in [-0.05, 0) is 24.8 Å². The first kappa shape index (κ1) is 16.9. The van der Waals surface area contributed by atoms with Crippen molar-refractivity contribution in [3.05, 3.63) is 29.8 Å². The van der Waals surface area contributed by atoms with E-state index in [2.05, 4.69) is 64.1 Å². The van der Waals surface area contributed by atoms with Gasteiger partial charge >= 0.3 is 0 Å². The van der Waals surface area contributed by atoms with Gasteiger partial charge in [-0.1, -0.05) is 32.9 Å². The zero-order valence-corrected chi connectivity index (χ0v) is 15.8. The van der Waals surface area contributed by atoms with Crippen LogP contribution in [0.2, 0.25) is 0 Å². The molecule has 0 aromatic carbocycles. The lowest BCUT2D eigenvalue weighted by Crippen LogP contribution is -2.35. The van der Waals surface area contributed by atoms with Crippen molar-refractivity contribution in [2.75, 3.05) is 18.0 Å². The van der Waals surface area contributed by atoms with Crippen molar-refractivity contribution in [1.82, 2.24) is 30.0 Å². The molecule has 3 aromatic heterocycles. The van der Waals surface area contributed by atoms with Crippen LogP contribution in [0, 0.1) is 0 Å². The minimum absolute atomic E-state index is 0.238. The molecule has 4 heterocycles. The second kappa shape index (κ2) is 6.66. The van der Waals surface area contributed by atoms with Gasteiger partial charge < -0.3 is 9.42 Å². The predicted molar refractivity (Wildman–Crippen MR) is 97.4 cm³/mol. The Bertz CT molecular complexity index is 898. The second-order valence-electron chi connectivity index (χ2n) is 7.64. The van der Waals surface area contributed by atoms with Gasteiger partial charge in [0.25, 0.3) is 0 Å². The van der Waals surface area contributed by atoms with Gasteiger partial charge in [0, 0.05) is 19.0 Å². The summed E-state index contributed by atoms with van der Waals surface area (Å²) < 4.78 is 7.33. The quantitative estimate of drug-likeness (QED) is 0.710. The Morgan fingerprint density at radius 1 is 1.19 bits per heavy atom. The number of nitrogens with zero attached hydrogens (tertiary/aromatic N) is 7. The van der Waals surface area contributed by atoms with Crippen LogP contribution in [0.15, 0.2) is 16.9 Å². The van der Waals surface area contributed by atoms with Gasteiger partial charge in [-0.15, -0.1) is 10.2 Å². The van der Waals surface area contributed by atoms with E-state index < -0.39 is 0 Å². The maximum absolute atomic E-state index is 5.55. The van der Waals surface area contributed by atoms with E-state index in [-0.39, 0.29) is 11.8 Å². The first-order valence-corrected chi connectivity index (χ1v) is 9.32. The number of aromatic nitrogens is 6. The average molecular weight is 355 g/mol. The highest BCUT2D eigenvalue weighted by molar-refractivity contribution is 5.68. The van der Waals surface area contributed by atoms with Crippen LogP contribution in [0.1, 0.15) is 75.7 Å². The van der Waals surface area contributed by atoms with E-state index in [1.54, 1.807) is 10.8 Å². The van der Waals surface area contributed by atoms with E-state index in [1.807, 2.05) is 0 Å². The molecule has 0 N–H and O–H groups in total. The second-order valence-corrected chi connectivity index (χ2v) is 7.64. The van der Waals surface area contributed by atoms with E-state index >= 15 is 0 Å². The standard InChI is InChI=1S/C18H25N7O/c1-11(2)14-8-15(17-21-19-10-25(17)22-14)24-7-5-6-13(9-24)18-20-16(12(3)4)23-26-18/h8,10-13H,5-7,9H2,1-4H3. The monoisotopic (exact) mass is 355 g/mol. The van der Waals surface area contributed by atoms with Crippen LogP contribution in [0.3, 0.4) is 0 Å². The largest absolute Gasteiger partial charge is 0.368 e. The Morgan fingerprint density at radius 3 is 2.77 bits per heavy atom. The molecule has 8 nitrogen and oxygen atoms in total. The summed E-state index contributed by atoms with van der Waals surface area (Å²) in [4.78, 5) is 6.96. The summed E-state index contributed by atoms with van der Waals surface area (Å²) in [5, 5.41) is 17.1. The number of hydrogen-bond donors (Lipinski definition) is 0. The van der Waals surface area contributed by atoms with Crippen LogP contribution in [-0.2, 0) is 0 Å². The van der Waals surface area contributed by atoms with Crippen LogP contribution in [0.5, 0.6) is 0 Å². The fourth-order valence-electron chi connectivity index (χ4n) is 3.39. The lowest BCUT2D eigenvalue weighted by molar-refractivity contribution is 0.329. The third-order valence-electron chi connectivity index (χ3n) is 4.94. The summed E-state index contributed by atoms with van der Waals surface area (Å²) in [6.07, 6.45) is 3.80. The van der Waals surface area contributed by atoms with E-state index in [9.17, 15) is 0 Å². The number of piperidine rings is 1. The summed E-state index contributed by atoms with van der Waals surface area (Å²) in [6, 6.07) is 2.14. The topological polar surface area (TPSA) is 85.2 Å². The molecule has 4 rings (SSSR count). The molecule has 0 amide bonds. The minimum Gasteiger partial charge on any atom is -0.368 e. The summed E-state index contributed by atoms with van der Waals surface area (Å²) in [5.41, 5.74) is 2.91. The molecule has 1 saturated heterocycles. The fourth-order valence-corrected chi connectivity index (χ4v) is 3.39. The van der Waals surface area contributed by atoms with E-state index in [0.29, 0.717) is 5.92 Å². The lowest BCUT2D eigenvalue weighted by atomic mass is 9.97. The normalized spacial score (nSPS) is 18.4. The molecule has 0 aliphatic carbocycles. The van der Waals surface area contributed by atoms with Crippen molar-refractivity contribution in [3.63, 3.8) is 0 Å². The van der Waals surface area contributed by atoms with Gasteiger partial charge in [-0.3, -0.25) is 0 Å². The lowest BCUT2D eigenvalue weighted by Gasteiger charge is -2.33. The van der Waals surface area contributed by atoms with Gasteiger partial charge in [-0.2, -0.15) is 14.6 Å². The van der Waals surface area contributed by atoms with Gasteiger partial charge in [0.1, 0.15) is 6.33 Å². The summed E-state index contributed by atoms with van der Waals surface area (Å²) in [5.74, 6) is 2.38. The van der Waals surface area contributed by atoms with Crippen LogP contribution in [0.4, 0.5) is 5.69 Å². The SMILES string of the molecule is CC(C)c1cc(N2CCCC(c3nc(C(C)C)no3)C2)c2nncn2n1. The van der Waals surface area contributed by atoms with Crippen molar-refractivity contribution < 1.29 is 4.52 Å². The number of anilines is 1. The molecule has 0 bridgehead atoms. The zero-order chi connectivity index (χ0) is 18.3. The van der Waals surface area contributed by atoms with E-state index in [0.717, 1.165) is 54.7 Å². The van der Waals surface area contributed by atoms with Gasteiger partial charge in [-0.25, -0.2) is 0 Å². The molecule has 138 valence electrons. The third kappa shape index (κ3) is 3.04. The predicted octanol–water partition coefficient (Wildman–Crippen LogP) is 3.14. The summed E-state index contributed by atoms with van der Waals surface area (Å²) in [6.45, 7) is 10.3. The molecule has 1 unspecified atom stereocenters. The van der Waals surface area contributed by atoms with Crippen molar-refractivity contribution in [2.45, 2.75) is 58.3 Å². The smallest absolute Gasteiger partial charge is 0.231 e. The number of fused-ring (bicyclic) bond motifs is 1. The van der Waals surface area contributed by atoms with E-state index in [4.69, 9.17) is 4.52 Å². The first-order valence-electron chi connectivity index (χ1n) is 9.32. The zero-order valence-electron chi connectivity index (χ0n) is 15.8. The maximum Gasteiger partial charge on any atom is 0.231 e. The molecular formula is C18H25N7O. The van der Waals surface area contributed by atoms with Crippen LogP contribution >= 0.6 is 0 Å². The molecule has 1 aliphatic heterocycles. The van der Waals surface area contributed by atoms with Crippen LogP contribution < -0.4 is 4.90 Å². The Labute approximate surface area is 152 Å². The van der Waals surface area contributed by atoms with Crippen LogP contribution in [0.25, 0.3) is 5.65 Å². The molecule has 1 aliphatic rings. The Hall–Kier alpha value is -2.51. The molecule has 8 heteroatoms. The molecule has 1 atom stereocenters. The molecule has 26 heavy (non-hydrogen) atoms. The Balaban J connectivity index is 1.65. The molecule has 0 radical (unpaired) electrons. The van der Waals surface area contributed by atoms with Crippen molar-refractivity contribution in [1.29, 1.82) is 0 Å². The Morgan fingerprint density at radius 2 is 2.04 bits per heavy atom. The number of hydrogen-bond acceptors (Lipinski definition) is 7. The first-order chi connectivity index (χ1) is 12.5. The van der Waals surface area contributed by atoms with Crippen molar-refractivity contribution >= 4 is 11.3 Å². The molecule has 0 saturated carbocycles. The van der Waals surface area contributed by atoms with E-state index in [1.165, 1.54) is 0 Å². The van der Waals surface area contributed by atoms with Crippen molar-refractivity contribution in [3.8, 4) is 0 Å². The van der Waals surface area contributed by atoms with Crippen LogP contribution in [-0.4, -0.2) is 43.0 Å². The Kier molecular flexibility index (Phi) is 4.34. The molecule has 1 fully saturated rings. The number of rotatable bonds is 4. The van der Waals surface area contributed by atoms with Gasteiger partial charge in [0.2, 0.25) is 11.5 Å². The highest BCUT2D eigenvalue weighted by atomic mass is 16.5. The molecule has 0 spiro atoms. The highest BCUT2D eigenvalue weighted by Crippen LogP contribution is 2.32. The minimum atomic E-state index is 0.238. The van der Waals surface area contributed by atoms with Gasteiger partial charge in [0.05, 0.1) is 17.3 Å². The third-order valence-corrected chi connectivity index (χ3v) is 4.94. The van der Waals surface area contributed by atoms with Gasteiger partial charge in [0.15, 0.2) is 5.82 Å². The average Bonchev–Trinajstić information content (AvgIpc) is 3.30. The fraction of sp³-hybridized carbons (Fsp3) is 0.611. The molecule has 3 aromatic rings. The summed E-state index contributed by atoms with van der Waals surface area (Å²) in [7, 11) is 0. The maximum atomic E-state index is 5.55.